The van der Waals surface area contributed by atoms with E-state index in [2.05, 4.69) is 10.2 Å². The Morgan fingerprint density at radius 3 is 2.31 bits per heavy atom. The molecule has 1 aliphatic heterocycles. The summed E-state index contributed by atoms with van der Waals surface area (Å²) in [4.78, 5) is 34.9. The molecule has 39 heavy (non-hydrogen) atoms. The van der Waals surface area contributed by atoms with Crippen LogP contribution in [0.1, 0.15) is 35.5 Å². The Morgan fingerprint density at radius 1 is 0.974 bits per heavy atom. The average molecular weight is 526 g/mol. The van der Waals surface area contributed by atoms with Gasteiger partial charge in [-0.25, -0.2) is 4.98 Å². The summed E-state index contributed by atoms with van der Waals surface area (Å²) in [5.74, 6) is -0.157. The monoisotopic (exact) mass is 525 g/mol. The van der Waals surface area contributed by atoms with E-state index in [4.69, 9.17) is 4.98 Å². The number of carbonyl (C=O) groups is 2. The van der Waals surface area contributed by atoms with Gasteiger partial charge in [0.1, 0.15) is 5.75 Å². The highest BCUT2D eigenvalue weighted by molar-refractivity contribution is 6.09. The molecular weight excluding hydrogens is 494 g/mol. The minimum absolute atomic E-state index is 0.124. The number of nitrogens with zero attached hydrogens (tertiary/aromatic N) is 4. The van der Waals surface area contributed by atoms with Gasteiger partial charge in [-0.2, -0.15) is 5.10 Å². The second-order valence-electron chi connectivity index (χ2n) is 10.3. The van der Waals surface area contributed by atoms with Crippen LogP contribution >= 0.6 is 0 Å². The van der Waals surface area contributed by atoms with Crippen LogP contribution in [0.5, 0.6) is 5.75 Å². The molecule has 0 bridgehead atoms. The molecule has 3 N–H and O–H groups in total. The SMILES string of the molecule is CC(C)(CO)C(=O)N1CCN(C(=O)c2cc(-c3ccc(O)cc3)nc3[nH]nc(C=Cc4ccccc4)c23)CC1. The number of aliphatic hydroxyl groups is 1. The third-order valence-electron chi connectivity index (χ3n) is 7.01. The first-order valence-electron chi connectivity index (χ1n) is 12.9. The maximum atomic E-state index is 14.0. The maximum absolute atomic E-state index is 14.0. The van der Waals surface area contributed by atoms with Crippen molar-refractivity contribution in [1.29, 1.82) is 0 Å². The normalized spacial score (nSPS) is 14.3. The smallest absolute Gasteiger partial charge is 0.254 e. The Balaban J connectivity index is 1.50. The van der Waals surface area contributed by atoms with Gasteiger partial charge in [0.05, 0.1) is 34.4 Å². The summed E-state index contributed by atoms with van der Waals surface area (Å²) in [5.41, 5.74) is 3.00. The van der Waals surface area contributed by atoms with Gasteiger partial charge in [-0.1, -0.05) is 36.4 Å². The van der Waals surface area contributed by atoms with E-state index in [1.54, 1.807) is 54.0 Å². The number of aromatic nitrogens is 3. The summed E-state index contributed by atoms with van der Waals surface area (Å²) in [6.45, 7) is 4.72. The van der Waals surface area contributed by atoms with E-state index in [0.29, 0.717) is 54.2 Å². The van der Waals surface area contributed by atoms with E-state index in [9.17, 15) is 19.8 Å². The molecule has 0 unspecified atom stereocenters. The highest BCUT2D eigenvalue weighted by atomic mass is 16.3. The number of piperazine rings is 1. The molecule has 9 heteroatoms. The molecule has 3 heterocycles. The van der Waals surface area contributed by atoms with Crippen LogP contribution in [0.25, 0.3) is 34.4 Å². The third kappa shape index (κ3) is 5.39. The molecule has 2 amide bonds. The quantitative estimate of drug-likeness (QED) is 0.352. The van der Waals surface area contributed by atoms with Gasteiger partial charge in [0.25, 0.3) is 5.91 Å². The summed E-state index contributed by atoms with van der Waals surface area (Å²) >= 11 is 0. The molecule has 0 aliphatic carbocycles. The largest absolute Gasteiger partial charge is 0.508 e. The first-order valence-corrected chi connectivity index (χ1v) is 12.9. The van der Waals surface area contributed by atoms with Gasteiger partial charge in [0, 0.05) is 31.7 Å². The Kier molecular flexibility index (Phi) is 7.17. The van der Waals surface area contributed by atoms with Gasteiger partial charge < -0.3 is 20.0 Å². The number of H-pyrrole nitrogens is 1. The molecule has 0 atom stereocenters. The molecule has 1 saturated heterocycles. The van der Waals surface area contributed by atoms with Crippen LogP contribution in [-0.2, 0) is 4.79 Å². The van der Waals surface area contributed by atoms with Gasteiger partial charge in [-0.3, -0.25) is 14.7 Å². The minimum atomic E-state index is -0.862. The van der Waals surface area contributed by atoms with Crippen molar-refractivity contribution in [3.8, 4) is 17.0 Å². The highest BCUT2D eigenvalue weighted by Crippen LogP contribution is 2.29. The van der Waals surface area contributed by atoms with Crippen LogP contribution < -0.4 is 0 Å². The van der Waals surface area contributed by atoms with E-state index >= 15 is 0 Å². The number of hydrogen-bond acceptors (Lipinski definition) is 6. The van der Waals surface area contributed by atoms with Crippen LogP contribution in [0.15, 0.2) is 60.7 Å². The molecule has 4 aromatic rings. The average Bonchev–Trinajstić information content (AvgIpc) is 3.39. The van der Waals surface area contributed by atoms with Crippen molar-refractivity contribution in [2.75, 3.05) is 32.8 Å². The molecule has 2 aromatic carbocycles. The van der Waals surface area contributed by atoms with Gasteiger partial charge in [0.15, 0.2) is 5.65 Å². The summed E-state index contributed by atoms with van der Waals surface area (Å²) in [6, 6.07) is 18.2. The number of phenolic OH excluding ortho intramolecular Hbond substituents is 1. The second-order valence-corrected chi connectivity index (χ2v) is 10.3. The van der Waals surface area contributed by atoms with Crippen LogP contribution in [-0.4, -0.2) is 79.8 Å². The molecule has 1 aliphatic rings. The predicted molar refractivity (Wildman–Crippen MR) is 150 cm³/mol. The van der Waals surface area contributed by atoms with Crippen molar-refractivity contribution >= 4 is 35.0 Å². The van der Waals surface area contributed by atoms with Crippen LogP contribution in [0.4, 0.5) is 0 Å². The Hall–Kier alpha value is -4.50. The summed E-state index contributed by atoms with van der Waals surface area (Å²) in [7, 11) is 0. The molecular formula is C30H31N5O4. The number of aromatic amines is 1. The zero-order valence-corrected chi connectivity index (χ0v) is 22.0. The van der Waals surface area contributed by atoms with Gasteiger partial charge in [-0.15, -0.1) is 0 Å². The first-order chi connectivity index (χ1) is 18.8. The summed E-state index contributed by atoms with van der Waals surface area (Å²) < 4.78 is 0. The predicted octanol–water partition coefficient (Wildman–Crippen LogP) is 3.80. The maximum Gasteiger partial charge on any atom is 0.254 e. The summed E-state index contributed by atoms with van der Waals surface area (Å²) in [6.07, 6.45) is 3.80. The fourth-order valence-electron chi connectivity index (χ4n) is 4.64. The number of carbonyl (C=O) groups excluding carboxylic acids is 2. The fraction of sp³-hybridized carbons (Fsp3) is 0.267. The van der Waals surface area contributed by atoms with Crippen molar-refractivity contribution in [2.24, 2.45) is 5.41 Å². The van der Waals surface area contributed by atoms with Crippen LogP contribution in [0.2, 0.25) is 0 Å². The lowest BCUT2D eigenvalue weighted by molar-refractivity contribution is -0.143. The lowest BCUT2D eigenvalue weighted by Crippen LogP contribution is -2.54. The number of aromatic hydroxyl groups is 1. The van der Waals surface area contributed by atoms with E-state index in [0.717, 1.165) is 11.1 Å². The highest BCUT2D eigenvalue weighted by Gasteiger charge is 2.34. The fourth-order valence-corrected chi connectivity index (χ4v) is 4.64. The molecule has 0 spiro atoms. The van der Waals surface area contributed by atoms with Crippen molar-refractivity contribution in [2.45, 2.75) is 13.8 Å². The summed E-state index contributed by atoms with van der Waals surface area (Å²) in [5, 5.41) is 27.4. The second kappa shape index (κ2) is 10.7. The van der Waals surface area contributed by atoms with Crippen LogP contribution in [0.3, 0.4) is 0 Å². The number of rotatable bonds is 6. The topological polar surface area (TPSA) is 123 Å². The number of amides is 2. The molecule has 0 radical (unpaired) electrons. The van der Waals surface area contributed by atoms with Crippen LogP contribution in [0, 0.1) is 5.41 Å². The molecule has 5 rings (SSSR count). The minimum Gasteiger partial charge on any atom is -0.508 e. The van der Waals surface area contributed by atoms with E-state index < -0.39 is 5.41 Å². The van der Waals surface area contributed by atoms with E-state index in [-0.39, 0.29) is 24.2 Å². The number of hydrogen-bond donors (Lipinski definition) is 3. The molecule has 200 valence electrons. The molecule has 2 aromatic heterocycles. The lowest BCUT2D eigenvalue weighted by atomic mass is 9.92. The zero-order chi connectivity index (χ0) is 27.6. The van der Waals surface area contributed by atoms with Gasteiger partial charge in [0.2, 0.25) is 5.91 Å². The number of benzene rings is 2. The third-order valence-corrected chi connectivity index (χ3v) is 7.01. The van der Waals surface area contributed by atoms with E-state index in [1.807, 2.05) is 42.5 Å². The van der Waals surface area contributed by atoms with Crippen molar-refractivity contribution in [3.63, 3.8) is 0 Å². The Morgan fingerprint density at radius 2 is 1.64 bits per heavy atom. The number of pyridine rings is 1. The van der Waals surface area contributed by atoms with Gasteiger partial charge in [-0.05, 0) is 55.8 Å². The van der Waals surface area contributed by atoms with E-state index in [1.165, 1.54) is 0 Å². The Bertz CT molecular complexity index is 1520. The number of nitrogens with one attached hydrogen (secondary N) is 1. The number of aliphatic hydroxyl groups excluding tert-OH is 1. The lowest BCUT2D eigenvalue weighted by Gasteiger charge is -2.38. The molecule has 1 fully saturated rings. The van der Waals surface area contributed by atoms with Gasteiger partial charge >= 0.3 is 0 Å². The number of phenols is 1. The number of fused-ring (bicyclic) bond motifs is 1. The molecule has 9 nitrogen and oxygen atoms in total. The zero-order valence-electron chi connectivity index (χ0n) is 22.0. The molecule has 0 saturated carbocycles. The van der Waals surface area contributed by atoms with Crippen molar-refractivity contribution in [3.05, 3.63) is 77.5 Å². The van der Waals surface area contributed by atoms with Crippen molar-refractivity contribution < 1.29 is 19.8 Å². The Labute approximate surface area is 226 Å². The standard InChI is InChI=1S/C30H31N5O4/c1-30(2,19-36)29(39)35-16-14-34(15-17-35)28(38)23-18-25(21-9-11-22(37)12-10-21)31-27-26(23)24(32-33-27)13-8-20-6-4-3-5-7-20/h3-13,18,36-37H,14-17,19H2,1-2H3,(H,31,32,33). The van der Waals surface area contributed by atoms with Crippen molar-refractivity contribution in [1.82, 2.24) is 25.0 Å². The first kappa shape index (κ1) is 26.1.